The lowest BCUT2D eigenvalue weighted by Crippen LogP contribution is -2.48. The minimum Gasteiger partial charge on any atom is -0.464 e. The summed E-state index contributed by atoms with van der Waals surface area (Å²) in [6.45, 7) is 9.37. The fourth-order valence-corrected chi connectivity index (χ4v) is 3.20. The molecule has 0 radical (unpaired) electrons. The van der Waals surface area contributed by atoms with Crippen LogP contribution in [-0.4, -0.2) is 23.1 Å². The molecule has 1 aromatic heterocycles. The van der Waals surface area contributed by atoms with Gasteiger partial charge < -0.3 is 19.0 Å². The molecule has 1 N–H and O–H groups in total. The summed E-state index contributed by atoms with van der Waals surface area (Å²) < 4.78 is 17.5. The van der Waals surface area contributed by atoms with E-state index in [1.807, 2.05) is 39.8 Å². The normalized spacial score (nSPS) is 25.2. The van der Waals surface area contributed by atoms with E-state index in [9.17, 15) is 9.90 Å². The molecule has 0 aliphatic carbocycles. The Hall–Kier alpha value is -1.85. The Morgan fingerprint density at radius 3 is 2.62 bits per heavy atom. The zero-order valence-electron chi connectivity index (χ0n) is 14.8. The van der Waals surface area contributed by atoms with Gasteiger partial charge in [-0.15, -0.1) is 0 Å². The maximum absolute atomic E-state index is 12.6. The zero-order valence-corrected chi connectivity index (χ0v) is 14.8. The van der Waals surface area contributed by atoms with Crippen LogP contribution in [0, 0.1) is 0 Å². The van der Waals surface area contributed by atoms with Crippen molar-refractivity contribution < 1.29 is 19.0 Å². The van der Waals surface area contributed by atoms with Gasteiger partial charge >= 0.3 is 5.63 Å². The van der Waals surface area contributed by atoms with E-state index in [-0.39, 0.29) is 0 Å². The highest BCUT2D eigenvalue weighted by Gasteiger charge is 2.46. The van der Waals surface area contributed by atoms with E-state index >= 15 is 0 Å². The first-order valence-corrected chi connectivity index (χ1v) is 8.21. The maximum atomic E-state index is 12.6. The van der Waals surface area contributed by atoms with Crippen LogP contribution >= 0.6 is 0 Å². The number of rotatable bonds is 2. The topological polar surface area (TPSA) is 68.9 Å². The summed E-state index contributed by atoms with van der Waals surface area (Å²) in [6.07, 6.45) is -0.935. The van der Waals surface area contributed by atoms with Crippen molar-refractivity contribution in [2.24, 2.45) is 0 Å². The second kappa shape index (κ2) is 5.60. The van der Waals surface area contributed by atoms with E-state index in [1.54, 1.807) is 19.1 Å². The van der Waals surface area contributed by atoms with Gasteiger partial charge in [0.05, 0.1) is 22.7 Å². The van der Waals surface area contributed by atoms with Crippen LogP contribution in [0.2, 0.25) is 0 Å². The van der Waals surface area contributed by atoms with E-state index in [1.165, 1.54) is 0 Å². The monoisotopic (exact) mass is 332 g/mol. The first-order valence-electron chi connectivity index (χ1n) is 8.21. The second-order valence-corrected chi connectivity index (χ2v) is 7.67. The molecular weight excluding hydrogens is 308 g/mol. The Bertz CT molecular complexity index is 815. The number of hydrogen-bond donors (Lipinski definition) is 1. The molecule has 3 rings (SSSR count). The highest BCUT2D eigenvalue weighted by molar-refractivity contribution is 5.85. The van der Waals surface area contributed by atoms with Crippen molar-refractivity contribution in [1.82, 2.24) is 0 Å². The van der Waals surface area contributed by atoms with Gasteiger partial charge in [-0.3, -0.25) is 0 Å². The molecular formula is C19H24O5. The van der Waals surface area contributed by atoms with Crippen LogP contribution in [0.25, 0.3) is 11.0 Å². The van der Waals surface area contributed by atoms with E-state index in [0.29, 0.717) is 28.7 Å². The third-order valence-electron chi connectivity index (χ3n) is 4.58. The van der Waals surface area contributed by atoms with Crippen molar-refractivity contribution in [2.45, 2.75) is 64.4 Å². The quantitative estimate of drug-likeness (QED) is 0.854. The van der Waals surface area contributed by atoms with Crippen LogP contribution in [0.5, 0.6) is 5.75 Å². The molecule has 0 unspecified atom stereocenters. The summed E-state index contributed by atoms with van der Waals surface area (Å²) in [4.78, 5) is 12.6. The van der Waals surface area contributed by atoms with Crippen LogP contribution in [0.1, 0.15) is 46.6 Å². The lowest BCUT2D eigenvalue weighted by atomic mass is 9.73. The Kier molecular flexibility index (Phi) is 3.97. The third-order valence-corrected chi connectivity index (χ3v) is 4.58. The number of benzene rings is 1. The minimum absolute atomic E-state index is 0.373. The summed E-state index contributed by atoms with van der Waals surface area (Å²) in [6, 6.07) is 7.24. The summed E-state index contributed by atoms with van der Waals surface area (Å²) >= 11 is 0. The lowest BCUT2D eigenvalue weighted by Gasteiger charge is -2.42. The van der Waals surface area contributed by atoms with Gasteiger partial charge in [-0.25, -0.2) is 4.79 Å². The number of aliphatic hydroxyl groups excluding tert-OH is 1. The molecule has 5 heteroatoms. The smallest absolute Gasteiger partial charge is 0.343 e. The minimum atomic E-state index is -0.811. The highest BCUT2D eigenvalue weighted by Crippen LogP contribution is 2.45. The van der Waals surface area contributed by atoms with Crippen molar-refractivity contribution in [3.8, 4) is 5.75 Å². The lowest BCUT2D eigenvalue weighted by molar-refractivity contribution is -0.173. The average Bonchev–Trinajstić information content (AvgIpc) is 2.44. The zero-order chi connectivity index (χ0) is 17.7. The van der Waals surface area contributed by atoms with Crippen LogP contribution in [0.3, 0.4) is 0 Å². The molecule has 2 aromatic rings. The fraction of sp³-hybridized carbons (Fsp3) is 0.526. The molecule has 0 amide bonds. The second-order valence-electron chi connectivity index (χ2n) is 7.67. The largest absolute Gasteiger partial charge is 0.464 e. The molecule has 0 saturated carbocycles. The van der Waals surface area contributed by atoms with E-state index < -0.39 is 29.0 Å². The van der Waals surface area contributed by atoms with Gasteiger partial charge in [-0.1, -0.05) is 19.1 Å². The summed E-state index contributed by atoms with van der Waals surface area (Å²) in [5.41, 5.74) is -0.845. The van der Waals surface area contributed by atoms with Gasteiger partial charge in [-0.2, -0.15) is 0 Å². The van der Waals surface area contributed by atoms with Crippen LogP contribution in [-0.2, 0) is 10.2 Å². The molecule has 3 atom stereocenters. The predicted octanol–water partition coefficient (Wildman–Crippen LogP) is 3.36. The molecule has 1 aromatic carbocycles. The SMILES string of the molecule is C[C@@H](O)[C@@]1(C)C[C@@H](OC(C)(C)C)Oc2c1c(=O)oc1ccccc21. The van der Waals surface area contributed by atoms with Crippen LogP contribution < -0.4 is 10.4 Å². The fourth-order valence-electron chi connectivity index (χ4n) is 3.20. The Balaban J connectivity index is 2.24. The van der Waals surface area contributed by atoms with Gasteiger partial charge in [-0.05, 0) is 39.8 Å². The molecule has 2 heterocycles. The molecule has 5 nitrogen and oxygen atoms in total. The number of aliphatic hydroxyl groups is 1. The summed E-state index contributed by atoms with van der Waals surface area (Å²) in [7, 11) is 0. The third kappa shape index (κ3) is 2.82. The molecule has 130 valence electrons. The standard InChI is InChI=1S/C19H24O5/c1-11(20)19(5)10-14(24-18(2,3)4)23-16-12-8-6-7-9-13(12)22-17(21)15(16)19/h6-9,11,14,20H,10H2,1-5H3/t11-,14-,19-/m1/s1. The Morgan fingerprint density at radius 1 is 1.33 bits per heavy atom. The van der Waals surface area contributed by atoms with Gasteiger partial charge in [0.2, 0.25) is 6.29 Å². The van der Waals surface area contributed by atoms with E-state index in [4.69, 9.17) is 13.9 Å². The van der Waals surface area contributed by atoms with Gasteiger partial charge in [0.25, 0.3) is 0 Å². The van der Waals surface area contributed by atoms with E-state index in [0.717, 1.165) is 0 Å². The highest BCUT2D eigenvalue weighted by atomic mass is 16.7. The van der Waals surface area contributed by atoms with Crippen LogP contribution in [0.15, 0.2) is 33.5 Å². The van der Waals surface area contributed by atoms with Gasteiger partial charge in [0, 0.05) is 11.8 Å². The van der Waals surface area contributed by atoms with E-state index in [2.05, 4.69) is 0 Å². The first-order chi connectivity index (χ1) is 11.1. The van der Waals surface area contributed by atoms with Crippen molar-refractivity contribution in [2.75, 3.05) is 0 Å². The number of para-hydroxylation sites is 1. The predicted molar refractivity (Wildman–Crippen MR) is 91.4 cm³/mol. The number of hydrogen-bond acceptors (Lipinski definition) is 5. The van der Waals surface area contributed by atoms with Gasteiger partial charge in [0.15, 0.2) is 0 Å². The molecule has 0 spiro atoms. The van der Waals surface area contributed by atoms with Crippen molar-refractivity contribution >= 4 is 11.0 Å². The molecule has 0 bridgehead atoms. The molecule has 1 aliphatic rings. The molecule has 0 saturated heterocycles. The Labute approximate surface area is 141 Å². The van der Waals surface area contributed by atoms with Crippen molar-refractivity contribution in [1.29, 1.82) is 0 Å². The molecule has 1 aliphatic heterocycles. The maximum Gasteiger partial charge on any atom is 0.343 e. The van der Waals surface area contributed by atoms with Gasteiger partial charge in [0.1, 0.15) is 11.3 Å². The molecule has 24 heavy (non-hydrogen) atoms. The summed E-state index contributed by atoms with van der Waals surface area (Å²) in [5.74, 6) is 0.450. The summed E-state index contributed by atoms with van der Waals surface area (Å²) in [5, 5.41) is 11.1. The number of fused-ring (bicyclic) bond motifs is 3. The average molecular weight is 332 g/mol. The van der Waals surface area contributed by atoms with Crippen LogP contribution in [0.4, 0.5) is 0 Å². The van der Waals surface area contributed by atoms with Crippen molar-refractivity contribution in [3.63, 3.8) is 0 Å². The Morgan fingerprint density at radius 2 is 2.00 bits per heavy atom. The first kappa shape index (κ1) is 17.0. The number of ether oxygens (including phenoxy) is 2. The van der Waals surface area contributed by atoms with Crippen molar-refractivity contribution in [3.05, 3.63) is 40.2 Å². The molecule has 0 fully saturated rings.